The second-order valence-corrected chi connectivity index (χ2v) is 2.55. The number of carbonyl (C=O) groups is 1. The van der Waals surface area contributed by atoms with Crippen LogP contribution in [0.25, 0.3) is 0 Å². The van der Waals surface area contributed by atoms with Crippen molar-refractivity contribution in [2.24, 2.45) is 0 Å². The molecule has 0 aromatic rings. The molecule has 3 heteroatoms. The first-order valence-electron chi connectivity index (χ1n) is 3.66. The highest BCUT2D eigenvalue weighted by Crippen LogP contribution is 1.92. The van der Waals surface area contributed by atoms with E-state index < -0.39 is 5.97 Å². The smallest absolute Gasteiger partial charge is 0.330 e. The summed E-state index contributed by atoms with van der Waals surface area (Å²) in [5.74, 6) is -0.838. The van der Waals surface area contributed by atoms with Gasteiger partial charge >= 0.3 is 5.97 Å². The maximum absolute atomic E-state index is 10.3. The zero-order valence-electron chi connectivity index (χ0n) is 7.29. The number of rotatable bonds is 4. The highest BCUT2D eigenvalue weighted by Gasteiger charge is 1.98. The lowest BCUT2D eigenvalue weighted by Crippen LogP contribution is -2.17. The topological polar surface area (TPSA) is 40.5 Å². The predicted octanol–water partition coefficient (Wildman–Crippen LogP) is 0.969. The maximum Gasteiger partial charge on any atom is 0.330 e. The van der Waals surface area contributed by atoms with Crippen LogP contribution in [0.4, 0.5) is 0 Å². The molecule has 0 fully saturated rings. The third kappa shape index (κ3) is 4.56. The van der Waals surface area contributed by atoms with Crippen LogP contribution in [0, 0.1) is 0 Å². The summed E-state index contributed by atoms with van der Waals surface area (Å²) in [5.41, 5.74) is 0.408. The van der Waals surface area contributed by atoms with Gasteiger partial charge in [0.15, 0.2) is 0 Å². The van der Waals surface area contributed by atoms with Gasteiger partial charge in [-0.05, 0) is 20.5 Å². The van der Waals surface area contributed by atoms with E-state index in [9.17, 15) is 4.79 Å². The molecule has 0 aliphatic heterocycles. The predicted molar refractivity (Wildman–Crippen MR) is 44.6 cm³/mol. The summed E-state index contributed by atoms with van der Waals surface area (Å²) in [6.45, 7) is 5.27. The summed E-state index contributed by atoms with van der Waals surface area (Å²) in [5, 5.41) is 8.48. The molecule has 0 unspecified atom stereocenters. The lowest BCUT2D eigenvalue weighted by atomic mass is 10.3. The molecule has 1 N–H and O–H groups in total. The summed E-state index contributed by atoms with van der Waals surface area (Å²) < 4.78 is 0. The first-order chi connectivity index (χ1) is 5.07. The van der Waals surface area contributed by atoms with Gasteiger partial charge in [-0.25, -0.2) is 4.79 Å². The van der Waals surface area contributed by atoms with Crippen molar-refractivity contribution in [3.8, 4) is 0 Å². The van der Waals surface area contributed by atoms with E-state index in [4.69, 9.17) is 5.11 Å². The van der Waals surface area contributed by atoms with Crippen molar-refractivity contribution in [3.63, 3.8) is 0 Å². The maximum atomic E-state index is 10.3. The van der Waals surface area contributed by atoms with Crippen LogP contribution in [-0.2, 0) is 4.79 Å². The molecular weight excluding hydrogens is 142 g/mol. The normalized spacial score (nSPS) is 12.2. The molecule has 0 aliphatic rings. The highest BCUT2D eigenvalue weighted by atomic mass is 16.4. The zero-order chi connectivity index (χ0) is 8.85. The van der Waals surface area contributed by atoms with Gasteiger partial charge in [0.25, 0.3) is 0 Å². The molecule has 3 nitrogen and oxygen atoms in total. The van der Waals surface area contributed by atoms with Gasteiger partial charge in [0.05, 0.1) is 0 Å². The molecule has 0 amide bonds. The van der Waals surface area contributed by atoms with E-state index >= 15 is 0 Å². The van der Waals surface area contributed by atoms with Gasteiger partial charge < -0.3 is 10.0 Å². The van der Waals surface area contributed by atoms with E-state index in [0.717, 1.165) is 6.54 Å². The molecule has 0 spiro atoms. The van der Waals surface area contributed by atoms with Crippen molar-refractivity contribution in [2.75, 3.05) is 20.1 Å². The fourth-order valence-electron chi connectivity index (χ4n) is 0.509. The van der Waals surface area contributed by atoms with E-state index in [1.54, 1.807) is 13.0 Å². The minimum atomic E-state index is -0.838. The quantitative estimate of drug-likeness (QED) is 0.618. The van der Waals surface area contributed by atoms with Crippen LogP contribution in [0.1, 0.15) is 13.8 Å². The number of hydrogen-bond donors (Lipinski definition) is 1. The Labute approximate surface area is 67.3 Å². The minimum Gasteiger partial charge on any atom is -0.478 e. The molecule has 0 aromatic heterocycles. The number of likely N-dealkylation sites (N-methyl/N-ethyl adjacent to an activating group) is 1. The third-order valence-electron chi connectivity index (χ3n) is 1.59. The van der Waals surface area contributed by atoms with Gasteiger partial charge in [0.2, 0.25) is 0 Å². The molecular formula is C8H15NO2. The van der Waals surface area contributed by atoms with Crippen molar-refractivity contribution < 1.29 is 9.90 Å². The number of hydrogen-bond acceptors (Lipinski definition) is 2. The van der Waals surface area contributed by atoms with Crippen LogP contribution in [-0.4, -0.2) is 36.1 Å². The van der Waals surface area contributed by atoms with Gasteiger partial charge in [-0.2, -0.15) is 0 Å². The van der Waals surface area contributed by atoms with Gasteiger partial charge in [-0.15, -0.1) is 0 Å². The molecule has 0 aliphatic carbocycles. The van der Waals surface area contributed by atoms with Crippen LogP contribution in [0.15, 0.2) is 11.6 Å². The molecule has 0 saturated heterocycles. The van der Waals surface area contributed by atoms with Crippen LogP contribution < -0.4 is 0 Å². The number of aliphatic carboxylic acids is 1. The van der Waals surface area contributed by atoms with Crippen molar-refractivity contribution in [1.82, 2.24) is 4.90 Å². The average molecular weight is 157 g/mol. The Hall–Kier alpha value is -0.830. The Morgan fingerprint density at radius 1 is 1.64 bits per heavy atom. The summed E-state index contributed by atoms with van der Waals surface area (Å²) in [6.07, 6.45) is 1.71. The molecule has 64 valence electrons. The molecule has 0 aromatic carbocycles. The first kappa shape index (κ1) is 10.2. The van der Waals surface area contributed by atoms with Crippen molar-refractivity contribution in [3.05, 3.63) is 11.6 Å². The SMILES string of the molecule is CCN(C)CC=C(C)C(=O)O. The second-order valence-electron chi connectivity index (χ2n) is 2.55. The van der Waals surface area contributed by atoms with E-state index in [1.165, 1.54) is 0 Å². The van der Waals surface area contributed by atoms with E-state index in [2.05, 4.69) is 0 Å². The second kappa shape index (κ2) is 4.91. The summed E-state index contributed by atoms with van der Waals surface area (Å²) in [7, 11) is 1.95. The molecule has 0 bridgehead atoms. The lowest BCUT2D eigenvalue weighted by molar-refractivity contribution is -0.132. The Morgan fingerprint density at radius 2 is 2.18 bits per heavy atom. The summed E-state index contributed by atoms with van der Waals surface area (Å²) in [4.78, 5) is 12.3. The standard InChI is InChI=1S/C8H15NO2/c1-4-9(3)6-5-7(2)8(10)11/h5H,4,6H2,1-3H3,(H,10,11). The summed E-state index contributed by atoms with van der Waals surface area (Å²) in [6, 6.07) is 0. The van der Waals surface area contributed by atoms with Crippen molar-refractivity contribution >= 4 is 5.97 Å². The van der Waals surface area contributed by atoms with Crippen LogP contribution in [0.3, 0.4) is 0 Å². The number of carboxylic acid groups (broad SMARTS) is 1. The highest BCUT2D eigenvalue weighted by molar-refractivity contribution is 5.85. The largest absolute Gasteiger partial charge is 0.478 e. The number of nitrogens with zero attached hydrogens (tertiary/aromatic N) is 1. The monoisotopic (exact) mass is 157 g/mol. The molecule has 0 heterocycles. The Bertz CT molecular complexity index is 163. The van der Waals surface area contributed by atoms with Crippen LogP contribution >= 0.6 is 0 Å². The molecule has 0 rings (SSSR count). The van der Waals surface area contributed by atoms with Gasteiger partial charge in [0, 0.05) is 12.1 Å². The van der Waals surface area contributed by atoms with E-state index in [1.807, 2.05) is 18.9 Å². The van der Waals surface area contributed by atoms with Crippen LogP contribution in [0.2, 0.25) is 0 Å². The third-order valence-corrected chi connectivity index (χ3v) is 1.59. The average Bonchev–Trinajstić information content (AvgIpc) is 1.99. The van der Waals surface area contributed by atoms with Crippen LogP contribution in [0.5, 0.6) is 0 Å². The lowest BCUT2D eigenvalue weighted by Gasteiger charge is -2.09. The zero-order valence-corrected chi connectivity index (χ0v) is 7.29. The molecule has 0 radical (unpaired) electrons. The van der Waals surface area contributed by atoms with E-state index in [-0.39, 0.29) is 0 Å². The van der Waals surface area contributed by atoms with E-state index in [0.29, 0.717) is 12.1 Å². The van der Waals surface area contributed by atoms with Gasteiger partial charge in [-0.1, -0.05) is 13.0 Å². The Balaban J connectivity index is 3.82. The number of carboxylic acids is 1. The molecule has 0 atom stereocenters. The van der Waals surface area contributed by atoms with Gasteiger partial charge in [0.1, 0.15) is 0 Å². The van der Waals surface area contributed by atoms with Gasteiger partial charge in [-0.3, -0.25) is 0 Å². The van der Waals surface area contributed by atoms with Crippen molar-refractivity contribution in [2.45, 2.75) is 13.8 Å². The Morgan fingerprint density at radius 3 is 2.55 bits per heavy atom. The first-order valence-corrected chi connectivity index (χ1v) is 3.66. The molecule has 11 heavy (non-hydrogen) atoms. The fraction of sp³-hybridized carbons (Fsp3) is 0.625. The fourth-order valence-corrected chi connectivity index (χ4v) is 0.509. The Kier molecular flexibility index (Phi) is 4.54. The summed E-state index contributed by atoms with van der Waals surface area (Å²) >= 11 is 0. The molecule has 0 saturated carbocycles. The minimum absolute atomic E-state index is 0.408. The van der Waals surface area contributed by atoms with Crippen molar-refractivity contribution in [1.29, 1.82) is 0 Å².